The van der Waals surface area contributed by atoms with Gasteiger partial charge in [-0.15, -0.1) is 0 Å². The van der Waals surface area contributed by atoms with Crippen LogP contribution in [0.15, 0.2) is 54.7 Å². The highest BCUT2D eigenvalue weighted by atomic mass is 35.5. The number of aromatic amines is 1. The van der Waals surface area contributed by atoms with Crippen LogP contribution in [0.1, 0.15) is 17.2 Å². The summed E-state index contributed by atoms with van der Waals surface area (Å²) in [5.74, 6) is 0. The van der Waals surface area contributed by atoms with Crippen molar-refractivity contribution in [2.24, 2.45) is 0 Å². The van der Waals surface area contributed by atoms with Crippen LogP contribution in [0.3, 0.4) is 0 Å². The topological polar surface area (TPSA) is 48.9 Å². The van der Waals surface area contributed by atoms with Crippen molar-refractivity contribution in [2.75, 3.05) is 0 Å². The molecule has 5 heteroatoms. The first-order valence-corrected chi connectivity index (χ1v) is 7.14. The lowest BCUT2D eigenvalue weighted by molar-refractivity contribution is 0.221. The van der Waals surface area contributed by atoms with Gasteiger partial charge in [0.2, 0.25) is 0 Å². The van der Waals surface area contributed by atoms with Crippen molar-refractivity contribution >= 4 is 23.2 Å². The predicted octanol–water partition coefficient (Wildman–Crippen LogP) is 4.47. The molecular weight excluding hydrogens is 307 g/mol. The van der Waals surface area contributed by atoms with Gasteiger partial charge in [0.05, 0.1) is 11.9 Å². The van der Waals surface area contributed by atoms with Gasteiger partial charge in [-0.3, -0.25) is 5.10 Å². The Morgan fingerprint density at radius 2 is 1.76 bits per heavy atom. The summed E-state index contributed by atoms with van der Waals surface area (Å²) >= 11 is 12.1. The van der Waals surface area contributed by atoms with E-state index in [1.807, 2.05) is 30.3 Å². The number of rotatable bonds is 3. The number of benzene rings is 2. The largest absolute Gasteiger partial charge is 0.383 e. The first-order chi connectivity index (χ1) is 10.2. The fourth-order valence-electron chi connectivity index (χ4n) is 2.23. The van der Waals surface area contributed by atoms with Gasteiger partial charge in [-0.1, -0.05) is 53.5 Å². The van der Waals surface area contributed by atoms with Crippen molar-refractivity contribution in [3.8, 4) is 11.3 Å². The Balaban J connectivity index is 2.06. The van der Waals surface area contributed by atoms with Crippen LogP contribution < -0.4 is 0 Å². The minimum absolute atomic E-state index is 0.465. The molecule has 2 N–H and O–H groups in total. The molecule has 0 aliphatic rings. The number of nitrogens with zero attached hydrogens (tertiary/aromatic N) is 1. The molecule has 0 aliphatic heterocycles. The highest BCUT2D eigenvalue weighted by Crippen LogP contribution is 2.34. The fourth-order valence-corrected chi connectivity index (χ4v) is 2.63. The Hall–Kier alpha value is -1.81. The van der Waals surface area contributed by atoms with Crippen molar-refractivity contribution in [3.05, 3.63) is 75.9 Å². The zero-order valence-corrected chi connectivity index (χ0v) is 12.4. The second-order valence-electron chi connectivity index (χ2n) is 4.63. The number of halogens is 2. The van der Waals surface area contributed by atoms with E-state index in [2.05, 4.69) is 10.2 Å². The highest BCUT2D eigenvalue weighted by Gasteiger charge is 2.20. The number of aliphatic hydroxyl groups excluding tert-OH is 1. The van der Waals surface area contributed by atoms with Crippen LogP contribution in [-0.2, 0) is 0 Å². The third kappa shape index (κ3) is 2.81. The lowest BCUT2D eigenvalue weighted by atomic mass is 9.99. The molecule has 3 nitrogen and oxygen atoms in total. The molecule has 1 atom stereocenters. The van der Waals surface area contributed by atoms with Gasteiger partial charge in [-0.25, -0.2) is 0 Å². The van der Waals surface area contributed by atoms with Crippen molar-refractivity contribution in [2.45, 2.75) is 6.10 Å². The molecule has 0 fully saturated rings. The second-order valence-corrected chi connectivity index (χ2v) is 5.48. The van der Waals surface area contributed by atoms with Crippen LogP contribution in [0, 0.1) is 0 Å². The zero-order chi connectivity index (χ0) is 14.8. The standard InChI is InChI=1S/C16H12Cl2N2O/c17-11-6-7-14(18)12(8-11)16(21)13-9-19-20-15(13)10-4-2-1-3-5-10/h1-9,16,21H,(H,19,20). The Kier molecular flexibility index (Phi) is 3.97. The van der Waals surface area contributed by atoms with Gasteiger partial charge in [0.1, 0.15) is 6.10 Å². The Morgan fingerprint density at radius 1 is 1.00 bits per heavy atom. The first kappa shape index (κ1) is 14.1. The summed E-state index contributed by atoms with van der Waals surface area (Å²) in [4.78, 5) is 0. The highest BCUT2D eigenvalue weighted by molar-refractivity contribution is 6.33. The fraction of sp³-hybridized carbons (Fsp3) is 0.0625. The minimum atomic E-state index is -0.898. The smallest absolute Gasteiger partial charge is 0.109 e. The summed E-state index contributed by atoms with van der Waals surface area (Å²) in [5.41, 5.74) is 2.93. The van der Waals surface area contributed by atoms with Crippen LogP contribution in [-0.4, -0.2) is 15.3 Å². The van der Waals surface area contributed by atoms with Gasteiger partial charge in [-0.05, 0) is 23.8 Å². The average molecular weight is 319 g/mol. The molecule has 0 bridgehead atoms. The van der Waals surface area contributed by atoms with Crippen LogP contribution in [0.2, 0.25) is 10.0 Å². The summed E-state index contributed by atoms with van der Waals surface area (Å²) in [6.45, 7) is 0. The minimum Gasteiger partial charge on any atom is -0.383 e. The van der Waals surface area contributed by atoms with E-state index in [0.717, 1.165) is 11.3 Å². The maximum absolute atomic E-state index is 10.6. The molecule has 1 heterocycles. The van der Waals surface area contributed by atoms with E-state index in [9.17, 15) is 5.11 Å². The molecule has 3 rings (SSSR count). The van der Waals surface area contributed by atoms with Crippen LogP contribution >= 0.6 is 23.2 Å². The van der Waals surface area contributed by atoms with E-state index < -0.39 is 6.10 Å². The maximum atomic E-state index is 10.6. The molecule has 106 valence electrons. The van der Waals surface area contributed by atoms with Crippen molar-refractivity contribution in [3.63, 3.8) is 0 Å². The second kappa shape index (κ2) is 5.90. The third-order valence-corrected chi connectivity index (χ3v) is 3.86. The van der Waals surface area contributed by atoms with Crippen LogP contribution in [0.25, 0.3) is 11.3 Å². The summed E-state index contributed by atoms with van der Waals surface area (Å²) < 4.78 is 0. The molecule has 0 radical (unpaired) electrons. The monoisotopic (exact) mass is 318 g/mol. The molecule has 2 aromatic carbocycles. The molecule has 0 amide bonds. The van der Waals surface area contributed by atoms with Crippen LogP contribution in [0.5, 0.6) is 0 Å². The van der Waals surface area contributed by atoms with Crippen molar-refractivity contribution < 1.29 is 5.11 Å². The molecule has 0 spiro atoms. The number of hydrogen-bond donors (Lipinski definition) is 2. The van der Waals surface area contributed by atoms with E-state index in [-0.39, 0.29) is 0 Å². The molecule has 21 heavy (non-hydrogen) atoms. The molecule has 0 saturated heterocycles. The van der Waals surface area contributed by atoms with Gasteiger partial charge in [-0.2, -0.15) is 5.10 Å². The molecule has 0 aliphatic carbocycles. The summed E-state index contributed by atoms with van der Waals surface area (Å²) in [6.07, 6.45) is 0.703. The van der Waals surface area contributed by atoms with Crippen LogP contribution in [0.4, 0.5) is 0 Å². The van der Waals surface area contributed by atoms with Gasteiger partial charge < -0.3 is 5.11 Å². The van der Waals surface area contributed by atoms with Gasteiger partial charge in [0.25, 0.3) is 0 Å². The van der Waals surface area contributed by atoms with E-state index >= 15 is 0 Å². The third-order valence-electron chi connectivity index (χ3n) is 3.28. The normalized spacial score (nSPS) is 12.3. The van der Waals surface area contributed by atoms with E-state index in [0.29, 0.717) is 21.2 Å². The number of nitrogens with one attached hydrogen (secondary N) is 1. The summed E-state index contributed by atoms with van der Waals surface area (Å²) in [7, 11) is 0. The molecule has 0 saturated carbocycles. The van der Waals surface area contributed by atoms with Gasteiger partial charge >= 0.3 is 0 Å². The molecular formula is C16H12Cl2N2O. The SMILES string of the molecule is OC(c1cc(Cl)ccc1Cl)c1cn[nH]c1-c1ccccc1. The lowest BCUT2D eigenvalue weighted by Crippen LogP contribution is -2.01. The predicted molar refractivity (Wildman–Crippen MR) is 84.5 cm³/mol. The molecule has 3 aromatic rings. The molecule has 1 unspecified atom stereocenters. The van der Waals surface area contributed by atoms with Gasteiger partial charge in [0.15, 0.2) is 0 Å². The maximum Gasteiger partial charge on any atom is 0.109 e. The first-order valence-electron chi connectivity index (χ1n) is 6.38. The van der Waals surface area contributed by atoms with E-state index in [4.69, 9.17) is 23.2 Å². The number of H-pyrrole nitrogens is 1. The Bertz CT molecular complexity index is 756. The lowest BCUT2D eigenvalue weighted by Gasteiger charge is -2.13. The number of hydrogen-bond acceptors (Lipinski definition) is 2. The zero-order valence-electron chi connectivity index (χ0n) is 10.9. The summed E-state index contributed by atoms with van der Waals surface area (Å²) in [6, 6.07) is 14.7. The number of aromatic nitrogens is 2. The average Bonchev–Trinajstić information content (AvgIpc) is 2.99. The molecule has 1 aromatic heterocycles. The number of aliphatic hydroxyl groups is 1. The Morgan fingerprint density at radius 3 is 2.52 bits per heavy atom. The summed E-state index contributed by atoms with van der Waals surface area (Å²) in [5, 5.41) is 18.6. The Labute approximate surface area is 132 Å². The van der Waals surface area contributed by atoms with E-state index in [1.54, 1.807) is 24.4 Å². The van der Waals surface area contributed by atoms with Gasteiger partial charge in [0, 0.05) is 21.2 Å². The van der Waals surface area contributed by atoms with Crippen molar-refractivity contribution in [1.82, 2.24) is 10.2 Å². The quantitative estimate of drug-likeness (QED) is 0.748. The van der Waals surface area contributed by atoms with Crippen molar-refractivity contribution in [1.29, 1.82) is 0 Å². The van der Waals surface area contributed by atoms with E-state index in [1.165, 1.54) is 0 Å².